The van der Waals surface area contributed by atoms with Crippen LogP contribution < -0.4 is 5.73 Å². The lowest BCUT2D eigenvalue weighted by Gasteiger charge is -2.23. The summed E-state index contributed by atoms with van der Waals surface area (Å²) in [4.78, 5) is 2.51. The molecule has 3 nitrogen and oxygen atoms in total. The van der Waals surface area contributed by atoms with Crippen LogP contribution in [-0.2, 0) is 6.42 Å². The van der Waals surface area contributed by atoms with Crippen LogP contribution in [0.3, 0.4) is 0 Å². The maximum atomic E-state index is 6.16. The van der Waals surface area contributed by atoms with Gasteiger partial charge in [0.25, 0.3) is 0 Å². The quantitative estimate of drug-likeness (QED) is 0.928. The molecule has 3 rings (SSSR count). The van der Waals surface area contributed by atoms with Crippen molar-refractivity contribution >= 4 is 11.0 Å². The fraction of sp³-hybridized carbons (Fsp3) is 0.529. The van der Waals surface area contributed by atoms with E-state index in [2.05, 4.69) is 36.9 Å². The second kappa shape index (κ2) is 5.58. The number of aryl methyl sites for hydroxylation is 1. The summed E-state index contributed by atoms with van der Waals surface area (Å²) in [6.45, 7) is 7.49. The molecule has 0 bridgehead atoms. The van der Waals surface area contributed by atoms with Crippen molar-refractivity contribution in [2.75, 3.05) is 19.6 Å². The second-order valence-electron chi connectivity index (χ2n) is 5.86. The van der Waals surface area contributed by atoms with Gasteiger partial charge in [-0.15, -0.1) is 0 Å². The maximum Gasteiger partial charge on any atom is 0.134 e. The fourth-order valence-corrected chi connectivity index (χ4v) is 3.39. The van der Waals surface area contributed by atoms with Crippen LogP contribution in [0.15, 0.2) is 28.7 Å². The van der Waals surface area contributed by atoms with Gasteiger partial charge in [-0.25, -0.2) is 0 Å². The molecule has 1 aliphatic heterocycles. The first-order valence-electron chi connectivity index (χ1n) is 7.69. The summed E-state index contributed by atoms with van der Waals surface area (Å²) in [6.07, 6.45) is 2.23. The Kier molecular flexibility index (Phi) is 3.81. The van der Waals surface area contributed by atoms with Crippen LogP contribution >= 0.6 is 0 Å². The van der Waals surface area contributed by atoms with Crippen LogP contribution in [0.2, 0.25) is 0 Å². The number of furan rings is 1. The molecule has 0 saturated carbocycles. The number of rotatable bonds is 4. The van der Waals surface area contributed by atoms with E-state index in [4.69, 9.17) is 10.2 Å². The first kappa shape index (κ1) is 13.7. The Morgan fingerprint density at radius 1 is 1.40 bits per heavy atom. The molecule has 1 aromatic carbocycles. The molecule has 3 heteroatoms. The van der Waals surface area contributed by atoms with E-state index in [1.807, 2.05) is 6.07 Å². The molecule has 1 aliphatic rings. The number of benzene rings is 1. The van der Waals surface area contributed by atoms with Crippen molar-refractivity contribution in [1.82, 2.24) is 4.90 Å². The molecule has 20 heavy (non-hydrogen) atoms. The van der Waals surface area contributed by atoms with E-state index < -0.39 is 0 Å². The summed E-state index contributed by atoms with van der Waals surface area (Å²) >= 11 is 0. The number of para-hydroxylation sites is 1. The highest BCUT2D eigenvalue weighted by Gasteiger charge is 2.29. The lowest BCUT2D eigenvalue weighted by atomic mass is 10.0. The van der Waals surface area contributed by atoms with Gasteiger partial charge in [0.2, 0.25) is 0 Å². The normalized spacial score (nSPS) is 21.6. The molecular weight excluding hydrogens is 248 g/mol. The van der Waals surface area contributed by atoms with Gasteiger partial charge in [0.1, 0.15) is 11.3 Å². The van der Waals surface area contributed by atoms with E-state index in [1.165, 1.54) is 17.4 Å². The van der Waals surface area contributed by atoms with E-state index in [1.54, 1.807) is 0 Å². The van der Waals surface area contributed by atoms with Crippen molar-refractivity contribution < 1.29 is 4.42 Å². The van der Waals surface area contributed by atoms with Crippen molar-refractivity contribution in [2.45, 2.75) is 32.7 Å². The molecule has 1 aromatic heterocycles. The molecule has 0 aliphatic carbocycles. The lowest BCUT2D eigenvalue weighted by Crippen LogP contribution is -2.26. The highest BCUT2D eigenvalue weighted by Crippen LogP contribution is 2.35. The Labute approximate surface area is 120 Å². The third-order valence-electron chi connectivity index (χ3n) is 4.66. The molecule has 2 heterocycles. The number of hydrogen-bond donors (Lipinski definition) is 1. The molecule has 1 fully saturated rings. The monoisotopic (exact) mass is 272 g/mol. The van der Waals surface area contributed by atoms with Crippen LogP contribution in [0.25, 0.3) is 11.0 Å². The van der Waals surface area contributed by atoms with Gasteiger partial charge in [0.05, 0.1) is 6.04 Å². The molecule has 2 aromatic rings. The number of nitrogens with zero attached hydrogens (tertiary/aromatic N) is 1. The standard InChI is InChI=1S/C17H24N2O/c1-3-14-15-6-4-5-7-16(15)20-17(14)12(2)19-9-8-13(10-18)11-19/h4-7,12-13H,3,8-11,18H2,1-2H3. The van der Waals surface area contributed by atoms with Crippen molar-refractivity contribution in [2.24, 2.45) is 11.7 Å². The second-order valence-corrected chi connectivity index (χ2v) is 5.86. The molecule has 0 spiro atoms. The Morgan fingerprint density at radius 3 is 2.90 bits per heavy atom. The first-order valence-corrected chi connectivity index (χ1v) is 7.69. The Morgan fingerprint density at radius 2 is 2.20 bits per heavy atom. The van der Waals surface area contributed by atoms with Crippen LogP contribution in [0.1, 0.15) is 37.6 Å². The van der Waals surface area contributed by atoms with Crippen LogP contribution in [0.5, 0.6) is 0 Å². The van der Waals surface area contributed by atoms with E-state index in [0.717, 1.165) is 37.4 Å². The first-order chi connectivity index (χ1) is 9.74. The maximum absolute atomic E-state index is 6.16. The Balaban J connectivity index is 1.93. The smallest absolute Gasteiger partial charge is 0.134 e. The van der Waals surface area contributed by atoms with Crippen molar-refractivity contribution in [3.8, 4) is 0 Å². The third kappa shape index (κ3) is 2.25. The van der Waals surface area contributed by atoms with Gasteiger partial charge in [-0.05, 0) is 44.8 Å². The average Bonchev–Trinajstić information content (AvgIpc) is 3.10. The Bertz CT molecular complexity index is 590. The summed E-state index contributed by atoms with van der Waals surface area (Å²) in [6, 6.07) is 8.71. The van der Waals surface area contributed by atoms with Gasteiger partial charge in [-0.3, -0.25) is 4.90 Å². The van der Waals surface area contributed by atoms with Gasteiger partial charge in [0, 0.05) is 17.5 Å². The van der Waals surface area contributed by atoms with E-state index in [-0.39, 0.29) is 0 Å². The van der Waals surface area contributed by atoms with Gasteiger partial charge in [-0.2, -0.15) is 0 Å². The van der Waals surface area contributed by atoms with Gasteiger partial charge in [0.15, 0.2) is 0 Å². The van der Waals surface area contributed by atoms with Gasteiger partial charge >= 0.3 is 0 Å². The summed E-state index contributed by atoms with van der Waals surface area (Å²) in [5.41, 5.74) is 8.18. The lowest BCUT2D eigenvalue weighted by molar-refractivity contribution is 0.226. The van der Waals surface area contributed by atoms with Crippen LogP contribution in [0.4, 0.5) is 0 Å². The molecule has 1 saturated heterocycles. The molecule has 0 radical (unpaired) electrons. The van der Waals surface area contributed by atoms with Crippen molar-refractivity contribution in [1.29, 1.82) is 0 Å². The van der Waals surface area contributed by atoms with E-state index in [9.17, 15) is 0 Å². The molecule has 108 valence electrons. The summed E-state index contributed by atoms with van der Waals surface area (Å²) < 4.78 is 6.16. The highest BCUT2D eigenvalue weighted by atomic mass is 16.3. The summed E-state index contributed by atoms with van der Waals surface area (Å²) in [7, 11) is 0. The van der Waals surface area contributed by atoms with Crippen molar-refractivity contribution in [3.05, 3.63) is 35.6 Å². The molecule has 2 unspecified atom stereocenters. The molecule has 2 N–H and O–H groups in total. The number of likely N-dealkylation sites (tertiary alicyclic amines) is 1. The van der Waals surface area contributed by atoms with Crippen molar-refractivity contribution in [3.63, 3.8) is 0 Å². The van der Waals surface area contributed by atoms with E-state index in [0.29, 0.717) is 12.0 Å². The van der Waals surface area contributed by atoms with Crippen LogP contribution in [0, 0.1) is 5.92 Å². The Hall–Kier alpha value is -1.32. The number of nitrogens with two attached hydrogens (primary N) is 1. The number of fused-ring (bicyclic) bond motifs is 1. The molecule has 0 amide bonds. The van der Waals surface area contributed by atoms with E-state index >= 15 is 0 Å². The largest absolute Gasteiger partial charge is 0.459 e. The minimum absolute atomic E-state index is 0.342. The zero-order valence-electron chi connectivity index (χ0n) is 12.4. The third-order valence-corrected chi connectivity index (χ3v) is 4.66. The zero-order chi connectivity index (χ0) is 14.1. The summed E-state index contributed by atoms with van der Waals surface area (Å²) in [5.74, 6) is 1.79. The zero-order valence-corrected chi connectivity index (χ0v) is 12.4. The number of hydrogen-bond acceptors (Lipinski definition) is 3. The minimum Gasteiger partial charge on any atom is -0.459 e. The summed E-state index contributed by atoms with van der Waals surface area (Å²) in [5, 5.41) is 1.27. The fourth-order valence-electron chi connectivity index (χ4n) is 3.39. The minimum atomic E-state index is 0.342. The molecule has 2 atom stereocenters. The van der Waals surface area contributed by atoms with Crippen LogP contribution in [-0.4, -0.2) is 24.5 Å². The topological polar surface area (TPSA) is 42.4 Å². The predicted octanol–water partition coefficient (Wildman–Crippen LogP) is 3.34. The molecular formula is C17H24N2O. The SMILES string of the molecule is CCc1c(C(C)N2CCC(CN)C2)oc2ccccc12. The highest BCUT2D eigenvalue weighted by molar-refractivity contribution is 5.82. The van der Waals surface area contributed by atoms with Gasteiger partial charge in [-0.1, -0.05) is 25.1 Å². The predicted molar refractivity (Wildman–Crippen MR) is 82.7 cm³/mol. The average molecular weight is 272 g/mol. The van der Waals surface area contributed by atoms with Gasteiger partial charge < -0.3 is 10.2 Å².